The van der Waals surface area contributed by atoms with Crippen LogP contribution < -0.4 is 5.46 Å². The van der Waals surface area contributed by atoms with Crippen LogP contribution in [0.15, 0.2) is 84.9 Å². The molecule has 0 N–H and O–H groups in total. The van der Waals surface area contributed by atoms with Crippen molar-refractivity contribution < 1.29 is 9.31 Å². The summed E-state index contributed by atoms with van der Waals surface area (Å²) in [5, 5.41) is 2.56. The number of aromatic nitrogens is 1. The van der Waals surface area contributed by atoms with Crippen molar-refractivity contribution in [3.05, 3.63) is 96.1 Å². The summed E-state index contributed by atoms with van der Waals surface area (Å²) >= 11 is 9.66. The minimum atomic E-state index is -0.361. The van der Waals surface area contributed by atoms with Crippen LogP contribution in [0.1, 0.15) is 52.7 Å². The highest BCUT2D eigenvalue weighted by atomic mass is 33.6. The Morgan fingerprint density at radius 2 is 0.391 bits per heavy atom. The van der Waals surface area contributed by atoms with Gasteiger partial charge in [-0.15, -0.1) is 0 Å². The molecule has 0 saturated carbocycles. The Morgan fingerprint density at radius 1 is 0.196 bits per heavy atom. The van der Waals surface area contributed by atoms with Gasteiger partial charge in [-0.25, -0.2) is 0 Å². The van der Waals surface area contributed by atoms with Gasteiger partial charge in [0.2, 0.25) is 0 Å². The molecular weight excluding hydrogens is 3690 g/mol. The van der Waals surface area contributed by atoms with E-state index in [9.17, 15) is 0 Å². The Labute approximate surface area is 1090 Å². The van der Waals surface area contributed by atoms with Gasteiger partial charge < -0.3 is 13.9 Å². The minimum Gasteiger partial charge on any atom is -0.399 e. The van der Waals surface area contributed by atoms with Crippen molar-refractivity contribution in [2.75, 3.05) is 0 Å². The van der Waals surface area contributed by atoms with Gasteiger partial charge in [0.1, 0.15) is 0 Å². The molecule has 0 spiro atoms. The first-order chi connectivity index (χ1) is 68.0. The molecule has 0 atom stereocenters. The third-order valence-corrected chi connectivity index (χ3v) is 230. The summed E-state index contributed by atoms with van der Waals surface area (Å²) in [5.41, 5.74) is 9.39. The Bertz CT molecular complexity index is 10300. The Hall–Kier alpha value is 18.9. The molecular formula is C33H32BNO2S101. The average molecular weight is 3720 g/mol. The molecule has 790 valence electrons. The summed E-state index contributed by atoms with van der Waals surface area (Å²) in [6.07, 6.45) is 0. The second-order valence-electron chi connectivity index (χ2n) is 18.9. The summed E-state index contributed by atoms with van der Waals surface area (Å²) in [6.45, 7) is 13.1. The van der Waals surface area contributed by atoms with Gasteiger partial charge >= 0.3 is 7.12 Å². The molecule has 0 amide bonds. The van der Waals surface area contributed by atoms with Crippen molar-refractivity contribution in [2.45, 2.75) is 58.2 Å². The van der Waals surface area contributed by atoms with E-state index in [4.69, 9.17) is 31.7 Å². The topological polar surface area (TPSA) is 23.4 Å². The van der Waals surface area contributed by atoms with Crippen molar-refractivity contribution in [3.63, 3.8) is 0 Å². The SMILES string of the molecule is CC1(C)c2ccccc2-c2cc3c4ccccc4n(-c4ccc(B5OC(C)(C)C(C)(C)O5)cc4)c3cc21.S=S=S=S=S=S=S=S=S=S=S=S=S=S=S=S=S=S=S=S=S=S=S=S=S=S=S=S=S=S=S=S=S=S=S=S=S=S=S=S=S=S=S=S=S=S=S=S=S=S=S=S=S=S=S=S=S=S=S=S=S=S=S=S=S=S=S=S=S=S=S=S=S=S=S=S=S=S=S=S=S=S=S=S=S=S=S=S=S=S=S=S=S=S=S=S=S=S=S=S=S. The van der Waals surface area contributed by atoms with Crippen LogP contribution in [-0.2, 0) is 916 Å². The van der Waals surface area contributed by atoms with Crippen LogP contribution in [0.3, 0.4) is 0 Å². The lowest BCUT2D eigenvalue weighted by Gasteiger charge is -2.32. The largest absolute Gasteiger partial charge is 0.494 e. The fourth-order valence-electron chi connectivity index (χ4n) is 7.30. The van der Waals surface area contributed by atoms with Gasteiger partial charge in [-0.3, -0.25) is 0 Å². The fraction of sp³-hybridized carbons (Fsp3) is 0.273. The average Bonchev–Trinajstić information content (AvgIpc) is 1.55. The number of para-hydroxylation sites is 1. The zero-order valence-corrected chi connectivity index (χ0v) is 146. The lowest BCUT2D eigenvalue weighted by Crippen LogP contribution is -2.41. The second kappa shape index (κ2) is 106. The quantitative estimate of drug-likeness (QED) is 0.176. The summed E-state index contributed by atoms with van der Waals surface area (Å²) < 4.78 is 15.0. The molecule has 4 aromatic carbocycles. The molecule has 2 aliphatic rings. The molecule has 1 fully saturated rings. The molecule has 2 heterocycles. The molecule has 5 aromatic rings. The van der Waals surface area contributed by atoms with Crippen molar-refractivity contribution in [1.29, 1.82) is 0 Å². The first kappa shape index (κ1) is 145. The lowest BCUT2D eigenvalue weighted by molar-refractivity contribution is 0.00578. The molecule has 7 rings (SSSR count). The molecule has 0 radical (unpaired) electrons. The van der Waals surface area contributed by atoms with Gasteiger partial charge in [0.25, 0.3) is 0 Å². The van der Waals surface area contributed by atoms with Crippen LogP contribution in [-0.4, -0.2) is 22.9 Å². The highest BCUT2D eigenvalue weighted by Crippen LogP contribution is 2.51. The molecule has 0 bridgehead atoms. The minimum absolute atomic E-state index is 0.0397. The van der Waals surface area contributed by atoms with Crippen LogP contribution in [0.4, 0.5) is 0 Å². The van der Waals surface area contributed by atoms with E-state index in [1.54, 1.807) is 107 Å². The van der Waals surface area contributed by atoms with E-state index >= 15 is 0 Å². The first-order valence-corrected chi connectivity index (χ1v) is 163. The maximum absolute atomic E-state index is 6.30. The molecule has 0 unspecified atom stereocenters. The maximum atomic E-state index is 6.30. The molecule has 1 aliphatic heterocycles. The van der Waals surface area contributed by atoms with Crippen molar-refractivity contribution in [2.24, 2.45) is 0 Å². The van der Waals surface area contributed by atoms with E-state index in [1.807, 2.05) is 755 Å². The predicted molar refractivity (Wildman–Crippen MR) is 898 cm³/mol. The van der Waals surface area contributed by atoms with E-state index in [0.29, 0.717) is 0 Å². The number of benzene rings is 4. The van der Waals surface area contributed by atoms with Crippen LogP contribution >= 0.6 is 0 Å². The Kier molecular flexibility index (Phi) is 112. The highest BCUT2D eigenvalue weighted by molar-refractivity contribution is 8.87. The molecule has 138 heavy (non-hydrogen) atoms. The van der Waals surface area contributed by atoms with Crippen LogP contribution in [0.2, 0.25) is 0 Å². The third kappa shape index (κ3) is 75.9. The first-order valence-electron chi connectivity index (χ1n) is 29.9. The van der Waals surface area contributed by atoms with Crippen LogP contribution in [0.25, 0.3) is 38.6 Å². The predicted octanol–water partition coefficient (Wildman–Crippen LogP) is 7.15. The number of nitrogens with zero attached hydrogens (tertiary/aromatic N) is 1. The molecule has 1 aliphatic carbocycles. The standard InChI is InChI=1S/C33H32BNO2.S101/c1-31(2)27-13-9-7-11-23(27)25-19-26-24-12-8-10-14-29(24)35(30(26)20-28(25)31)22-17-15-21(16-18-22)34-36-32(3,4)33(5,6)37-34;1-3-5-7-9-11-13-15-17-19-21-23-25-27-29-31-33-35-37-39-41-43-45-47-49-51-53-55-57-59-61-63-65-67-69-71-73-75-77-79-81-83-85-87-89-91-93-95-97-99-101-100-98-96-94-92-90-88-86-84-82-80-78-76-74-72-70-68-66-64-62-60-58-56-54-52-50-48-46-44-42-40-38-36-34-32-30-28-26-24-22-20-18-16-14-12-10-8-6-4-2/h7-20H,1-6H3;. The second-order valence-corrected chi connectivity index (χ2v) is 194. The monoisotopic (exact) mass is 3710 g/mol. The van der Waals surface area contributed by atoms with Gasteiger partial charge in [-0.2, -0.15) is 0 Å². The Morgan fingerprint density at radius 3 is 0.609 bits per heavy atom. The van der Waals surface area contributed by atoms with Gasteiger partial charge in [0, 0.05) is 923 Å². The normalized spacial score (nSPS) is 10.8. The van der Waals surface area contributed by atoms with Gasteiger partial charge in [-0.05, 0) is 85.7 Å². The zero-order chi connectivity index (χ0) is 97.7. The number of hydrogen-bond donors (Lipinski definition) is 0. The van der Waals surface area contributed by atoms with E-state index in [2.05, 4.69) is 131 Å². The summed E-state index contributed by atoms with van der Waals surface area (Å²) in [6, 6.07) is 31.1. The van der Waals surface area contributed by atoms with Crippen LogP contribution in [0.5, 0.6) is 0 Å². The summed E-state index contributed by atoms with van der Waals surface area (Å²) in [5.74, 6) is 0. The fourth-order valence-corrected chi connectivity index (χ4v) is 274. The van der Waals surface area contributed by atoms with E-state index < -0.39 is 0 Å². The number of hydrogen-bond acceptors (Lipinski definition) is 4. The highest BCUT2D eigenvalue weighted by Gasteiger charge is 2.51. The van der Waals surface area contributed by atoms with E-state index in [-0.39, 0.29) is 23.7 Å². The molecule has 105 heteroatoms. The van der Waals surface area contributed by atoms with Gasteiger partial charge in [0.15, 0.2) is 0 Å². The van der Waals surface area contributed by atoms with Crippen molar-refractivity contribution in [3.8, 4) is 16.8 Å². The molecule has 3 nitrogen and oxygen atoms in total. The van der Waals surface area contributed by atoms with Crippen molar-refractivity contribution in [1.82, 2.24) is 4.57 Å². The lowest BCUT2D eigenvalue weighted by atomic mass is 9.79. The Balaban J connectivity index is 0.000000639. The van der Waals surface area contributed by atoms with Crippen molar-refractivity contribution >= 4 is 936 Å². The number of fused-ring (bicyclic) bond motifs is 6. The zero-order valence-electron chi connectivity index (χ0n) is 63.7. The number of rotatable bonds is 2. The van der Waals surface area contributed by atoms with E-state index in [1.165, 1.54) is 61.8 Å². The molecule has 1 saturated heterocycles. The maximum Gasteiger partial charge on any atom is 0.494 e. The summed E-state index contributed by atoms with van der Waals surface area (Å²) in [4.78, 5) is 0. The van der Waals surface area contributed by atoms with Gasteiger partial charge in [0.05, 0.1) is 22.2 Å². The third-order valence-electron chi connectivity index (χ3n) is 11.8. The van der Waals surface area contributed by atoms with Gasteiger partial charge in [-0.1, -0.05) is 68.4 Å². The summed E-state index contributed by atoms with van der Waals surface area (Å²) in [7, 11) is 179. The van der Waals surface area contributed by atoms with E-state index in [0.717, 1.165) is 11.2 Å². The smallest absolute Gasteiger partial charge is 0.399 e. The molecule has 1 aromatic heterocycles. The van der Waals surface area contributed by atoms with Crippen LogP contribution in [0, 0.1) is 0 Å².